The molecular weight excluding hydrogens is 315 g/mol. The van der Waals surface area contributed by atoms with Gasteiger partial charge in [-0.15, -0.1) is 0 Å². The number of rotatable bonds is 8. The van der Waals surface area contributed by atoms with Gasteiger partial charge >= 0.3 is 0 Å². The number of hydrogen-bond donors (Lipinski definition) is 1. The molecule has 0 aromatic heterocycles. The summed E-state index contributed by atoms with van der Waals surface area (Å²) in [5.41, 5.74) is 1.44. The Hall–Kier alpha value is -2.67. The van der Waals surface area contributed by atoms with Gasteiger partial charge in [-0.3, -0.25) is 10.1 Å². The molecule has 0 bridgehead atoms. The Bertz CT molecular complexity index is 722. The second-order valence-electron chi connectivity index (χ2n) is 5.25. The highest BCUT2D eigenvalue weighted by atomic mass is 19.1. The molecule has 0 saturated carbocycles. The zero-order chi connectivity index (χ0) is 17.5. The highest BCUT2D eigenvalue weighted by Crippen LogP contribution is 2.34. The van der Waals surface area contributed by atoms with Gasteiger partial charge in [0.05, 0.1) is 37.3 Å². The van der Waals surface area contributed by atoms with E-state index in [1.165, 1.54) is 32.4 Å². The third-order valence-electron chi connectivity index (χ3n) is 3.67. The molecule has 7 heteroatoms. The topological polar surface area (TPSA) is 78.2 Å². The van der Waals surface area contributed by atoms with Crippen LogP contribution in [0, 0.1) is 15.9 Å². The van der Waals surface area contributed by atoms with E-state index < -0.39 is 4.92 Å². The number of nitro benzene ring substituents is 1. The summed E-state index contributed by atoms with van der Waals surface area (Å²) in [7, 11) is 2.92. The Kier molecular flexibility index (Phi) is 6.08. The van der Waals surface area contributed by atoms with Gasteiger partial charge in [0.2, 0.25) is 0 Å². The van der Waals surface area contributed by atoms with Crippen LogP contribution >= 0.6 is 0 Å². The van der Waals surface area contributed by atoms with Crippen LogP contribution in [0.4, 0.5) is 10.1 Å². The lowest BCUT2D eigenvalue weighted by atomic mass is 10.1. The molecule has 0 heterocycles. The smallest absolute Gasteiger partial charge is 0.282 e. The summed E-state index contributed by atoms with van der Waals surface area (Å²) in [6.07, 6.45) is 0.679. The summed E-state index contributed by atoms with van der Waals surface area (Å²) < 4.78 is 23.4. The van der Waals surface area contributed by atoms with Gasteiger partial charge in [0.1, 0.15) is 12.4 Å². The second-order valence-corrected chi connectivity index (χ2v) is 5.25. The zero-order valence-corrected chi connectivity index (χ0v) is 13.6. The molecule has 0 aliphatic rings. The van der Waals surface area contributed by atoms with Crippen LogP contribution in [0.15, 0.2) is 36.4 Å². The van der Waals surface area contributed by atoms with E-state index in [0.29, 0.717) is 36.6 Å². The standard InChI is InChI=1S/C17H19FN2O4/c1-23-16-9-13(15(20(21)22)10-17(16)24-2)11-19-7-6-12-4-3-5-14(18)8-12/h3-5,8-10,19H,6-7,11H2,1-2H3/p+1. The van der Waals surface area contributed by atoms with Gasteiger partial charge in [0, 0.05) is 6.42 Å². The van der Waals surface area contributed by atoms with E-state index in [2.05, 4.69) is 0 Å². The maximum atomic E-state index is 13.1. The van der Waals surface area contributed by atoms with Crippen molar-refractivity contribution in [2.45, 2.75) is 13.0 Å². The normalized spacial score (nSPS) is 10.5. The van der Waals surface area contributed by atoms with Crippen molar-refractivity contribution in [1.82, 2.24) is 0 Å². The first-order valence-electron chi connectivity index (χ1n) is 7.50. The van der Waals surface area contributed by atoms with Crippen molar-refractivity contribution < 1.29 is 24.1 Å². The Morgan fingerprint density at radius 3 is 2.50 bits per heavy atom. The van der Waals surface area contributed by atoms with Gasteiger partial charge in [-0.2, -0.15) is 0 Å². The molecule has 2 aromatic carbocycles. The first kappa shape index (κ1) is 17.7. The highest BCUT2D eigenvalue weighted by molar-refractivity contribution is 5.53. The molecule has 0 unspecified atom stereocenters. The maximum Gasteiger partial charge on any atom is 0.282 e. The summed E-state index contributed by atoms with van der Waals surface area (Å²) in [6.45, 7) is 1.11. The molecule has 2 rings (SSSR count). The molecule has 0 amide bonds. The third kappa shape index (κ3) is 4.42. The maximum absolute atomic E-state index is 13.1. The summed E-state index contributed by atoms with van der Waals surface area (Å²) in [5.74, 6) is 0.521. The van der Waals surface area contributed by atoms with E-state index in [-0.39, 0.29) is 11.5 Å². The van der Waals surface area contributed by atoms with Gasteiger partial charge in [0.15, 0.2) is 11.5 Å². The van der Waals surface area contributed by atoms with E-state index in [4.69, 9.17) is 9.47 Å². The number of quaternary nitrogens is 1. The van der Waals surface area contributed by atoms with E-state index in [1.807, 2.05) is 11.4 Å². The fourth-order valence-electron chi connectivity index (χ4n) is 2.46. The number of nitrogens with two attached hydrogens (primary N) is 1. The number of hydrogen-bond acceptors (Lipinski definition) is 4. The lowest BCUT2D eigenvalue weighted by Crippen LogP contribution is -2.83. The van der Waals surface area contributed by atoms with E-state index in [9.17, 15) is 14.5 Å². The fourth-order valence-corrected chi connectivity index (χ4v) is 2.46. The molecule has 0 aliphatic carbocycles. The molecule has 0 spiro atoms. The third-order valence-corrected chi connectivity index (χ3v) is 3.67. The quantitative estimate of drug-likeness (QED) is 0.455. The molecule has 0 atom stereocenters. The van der Waals surface area contributed by atoms with Crippen LogP contribution in [0.25, 0.3) is 0 Å². The van der Waals surface area contributed by atoms with Crippen LogP contribution in [-0.4, -0.2) is 25.7 Å². The van der Waals surface area contributed by atoms with Crippen LogP contribution in [-0.2, 0) is 13.0 Å². The van der Waals surface area contributed by atoms with Crippen LogP contribution in [0.3, 0.4) is 0 Å². The van der Waals surface area contributed by atoms with Crippen molar-refractivity contribution in [3.8, 4) is 11.5 Å². The summed E-state index contributed by atoms with van der Waals surface area (Å²) in [6, 6.07) is 9.41. The Morgan fingerprint density at radius 1 is 1.17 bits per heavy atom. The summed E-state index contributed by atoms with van der Waals surface area (Å²) in [4.78, 5) is 10.8. The van der Waals surface area contributed by atoms with Crippen molar-refractivity contribution in [1.29, 1.82) is 0 Å². The minimum atomic E-state index is -0.433. The van der Waals surface area contributed by atoms with Crippen LogP contribution < -0.4 is 14.8 Å². The van der Waals surface area contributed by atoms with Crippen molar-refractivity contribution in [3.05, 3.63) is 63.5 Å². The van der Waals surface area contributed by atoms with Crippen molar-refractivity contribution >= 4 is 5.69 Å². The molecule has 24 heavy (non-hydrogen) atoms. The fraction of sp³-hybridized carbons (Fsp3) is 0.294. The largest absolute Gasteiger partial charge is 0.493 e. The minimum absolute atomic E-state index is 0.00495. The molecule has 0 saturated heterocycles. The van der Waals surface area contributed by atoms with Crippen molar-refractivity contribution in [2.75, 3.05) is 20.8 Å². The van der Waals surface area contributed by atoms with E-state index >= 15 is 0 Å². The van der Waals surface area contributed by atoms with Crippen LogP contribution in [0.1, 0.15) is 11.1 Å². The van der Waals surface area contributed by atoms with Gasteiger partial charge in [0.25, 0.3) is 5.69 Å². The zero-order valence-electron chi connectivity index (χ0n) is 13.6. The van der Waals surface area contributed by atoms with Gasteiger partial charge in [-0.25, -0.2) is 4.39 Å². The molecule has 6 nitrogen and oxygen atoms in total. The van der Waals surface area contributed by atoms with Gasteiger partial charge < -0.3 is 14.8 Å². The number of methoxy groups -OCH3 is 2. The van der Waals surface area contributed by atoms with Gasteiger partial charge in [-0.1, -0.05) is 12.1 Å². The molecule has 0 radical (unpaired) electrons. The first-order valence-corrected chi connectivity index (χ1v) is 7.50. The number of nitro groups is 1. The number of nitrogens with zero attached hydrogens (tertiary/aromatic N) is 1. The van der Waals surface area contributed by atoms with Crippen LogP contribution in [0.5, 0.6) is 11.5 Å². The minimum Gasteiger partial charge on any atom is -0.493 e. The van der Waals surface area contributed by atoms with Crippen molar-refractivity contribution in [3.63, 3.8) is 0 Å². The molecule has 0 fully saturated rings. The molecule has 128 valence electrons. The van der Waals surface area contributed by atoms with Crippen molar-refractivity contribution in [2.24, 2.45) is 0 Å². The first-order chi connectivity index (χ1) is 11.5. The predicted octanol–water partition coefficient (Wildman–Crippen LogP) is 2.06. The Balaban J connectivity index is 2.04. The molecule has 2 N–H and O–H groups in total. The second kappa shape index (κ2) is 8.26. The monoisotopic (exact) mass is 335 g/mol. The summed E-state index contributed by atoms with van der Waals surface area (Å²) >= 11 is 0. The van der Waals surface area contributed by atoms with E-state index in [1.54, 1.807) is 12.1 Å². The lowest BCUT2D eigenvalue weighted by Gasteiger charge is -2.10. The number of halogens is 1. The highest BCUT2D eigenvalue weighted by Gasteiger charge is 2.20. The average Bonchev–Trinajstić information content (AvgIpc) is 2.57. The molecule has 0 aliphatic heterocycles. The predicted molar refractivity (Wildman–Crippen MR) is 86.8 cm³/mol. The number of benzene rings is 2. The average molecular weight is 335 g/mol. The van der Waals surface area contributed by atoms with E-state index in [0.717, 1.165) is 5.56 Å². The molecular formula is C17H20FN2O4+. The lowest BCUT2D eigenvalue weighted by molar-refractivity contribution is -0.670. The summed E-state index contributed by atoms with van der Waals surface area (Å²) in [5, 5.41) is 13.2. The molecule has 2 aromatic rings. The van der Waals surface area contributed by atoms with Crippen LogP contribution in [0.2, 0.25) is 0 Å². The van der Waals surface area contributed by atoms with Gasteiger partial charge in [-0.05, 0) is 23.8 Å². The Morgan fingerprint density at radius 2 is 1.88 bits per heavy atom. The number of ether oxygens (including phenoxy) is 2. The SMILES string of the molecule is COc1cc(C[NH2+]CCc2cccc(F)c2)c([N+](=O)[O-])cc1OC. The Labute approximate surface area is 139 Å².